The molecule has 3 heterocycles. The van der Waals surface area contributed by atoms with Crippen LogP contribution in [0.4, 0.5) is 0 Å². The highest BCUT2D eigenvalue weighted by molar-refractivity contribution is 7.15. The molecule has 1 aliphatic heterocycles. The molecule has 106 valence electrons. The lowest BCUT2D eigenvalue weighted by molar-refractivity contribution is 0.0105. The van der Waals surface area contributed by atoms with Crippen molar-refractivity contribution in [2.45, 2.75) is 13.5 Å². The number of thiazole rings is 1. The number of rotatable bonds is 4. The molecular weight excluding hydrogens is 272 g/mol. The van der Waals surface area contributed by atoms with Crippen molar-refractivity contribution in [3.63, 3.8) is 0 Å². The Hall–Kier alpha value is -1.34. The Kier molecular flexibility index (Phi) is 4.37. The molecule has 1 fully saturated rings. The fourth-order valence-corrected chi connectivity index (χ4v) is 2.91. The number of hydrogen-bond acceptors (Lipinski definition) is 6. The van der Waals surface area contributed by atoms with Gasteiger partial charge in [-0.15, -0.1) is 11.3 Å². The predicted molar refractivity (Wildman–Crippen MR) is 79.3 cm³/mol. The van der Waals surface area contributed by atoms with E-state index in [4.69, 9.17) is 4.74 Å². The van der Waals surface area contributed by atoms with Gasteiger partial charge in [0.25, 0.3) is 0 Å². The molecular formula is C14H18N4OS. The zero-order valence-electron chi connectivity index (χ0n) is 11.5. The number of nitrogens with zero attached hydrogens (tertiary/aromatic N) is 3. The first-order valence-electron chi connectivity index (χ1n) is 6.76. The maximum atomic E-state index is 5.32. The first-order valence-corrected chi connectivity index (χ1v) is 7.58. The summed E-state index contributed by atoms with van der Waals surface area (Å²) in [6.07, 6.45) is 1.91. The van der Waals surface area contributed by atoms with Crippen LogP contribution in [-0.4, -0.2) is 41.3 Å². The van der Waals surface area contributed by atoms with E-state index < -0.39 is 0 Å². The van der Waals surface area contributed by atoms with Crippen LogP contribution in [-0.2, 0) is 11.3 Å². The normalized spacial score (nSPS) is 16.4. The summed E-state index contributed by atoms with van der Waals surface area (Å²) < 4.78 is 5.32. The molecule has 3 rings (SSSR count). The first kappa shape index (κ1) is 13.6. The third-order valence-corrected chi connectivity index (χ3v) is 4.18. The Bertz CT molecular complexity index is 566. The van der Waals surface area contributed by atoms with Crippen molar-refractivity contribution in [2.75, 3.05) is 26.3 Å². The lowest BCUT2D eigenvalue weighted by Gasteiger charge is -2.26. The summed E-state index contributed by atoms with van der Waals surface area (Å²) in [7, 11) is 0. The second-order valence-electron chi connectivity index (χ2n) is 4.72. The van der Waals surface area contributed by atoms with E-state index in [9.17, 15) is 0 Å². The summed E-state index contributed by atoms with van der Waals surface area (Å²) in [6.45, 7) is 6.21. The summed E-state index contributed by atoms with van der Waals surface area (Å²) >= 11 is 1.69. The fraction of sp³-hybridized carbons (Fsp3) is 0.429. The summed E-state index contributed by atoms with van der Waals surface area (Å²) in [6, 6.07) is 6.06. The number of aromatic nitrogens is 2. The van der Waals surface area contributed by atoms with Crippen LogP contribution < -0.4 is 5.43 Å². The van der Waals surface area contributed by atoms with Crippen LogP contribution in [0.1, 0.15) is 10.7 Å². The van der Waals surface area contributed by atoms with Gasteiger partial charge in [0.05, 0.1) is 30.3 Å². The van der Waals surface area contributed by atoms with E-state index in [0.717, 1.165) is 54.1 Å². The monoisotopic (exact) mass is 290 g/mol. The van der Waals surface area contributed by atoms with E-state index in [0.29, 0.717) is 0 Å². The van der Waals surface area contributed by atoms with E-state index in [1.165, 1.54) is 0 Å². The molecule has 0 atom stereocenters. The number of morpholine rings is 1. The Morgan fingerprint density at radius 1 is 1.35 bits per heavy atom. The van der Waals surface area contributed by atoms with Crippen molar-refractivity contribution >= 4 is 11.3 Å². The van der Waals surface area contributed by atoms with Gasteiger partial charge in [-0.05, 0) is 19.1 Å². The Labute approximate surface area is 122 Å². The predicted octanol–water partition coefficient (Wildman–Crippen LogP) is 1.85. The molecule has 0 saturated carbocycles. The lowest BCUT2D eigenvalue weighted by atomic mass is 10.3. The zero-order valence-corrected chi connectivity index (χ0v) is 12.3. The smallest absolute Gasteiger partial charge is 0.108 e. The van der Waals surface area contributed by atoms with Gasteiger partial charge in [0.2, 0.25) is 0 Å². The molecule has 2 aromatic heterocycles. The van der Waals surface area contributed by atoms with Crippen molar-refractivity contribution in [1.29, 1.82) is 0 Å². The third kappa shape index (κ3) is 3.40. The van der Waals surface area contributed by atoms with Crippen molar-refractivity contribution in [1.82, 2.24) is 20.4 Å². The quantitative estimate of drug-likeness (QED) is 0.931. The molecule has 1 N–H and O–H groups in total. The molecule has 1 saturated heterocycles. The van der Waals surface area contributed by atoms with Gasteiger partial charge in [-0.3, -0.25) is 4.98 Å². The van der Waals surface area contributed by atoms with Crippen molar-refractivity contribution < 1.29 is 4.74 Å². The van der Waals surface area contributed by atoms with Crippen molar-refractivity contribution in [3.05, 3.63) is 35.1 Å². The minimum atomic E-state index is 0.760. The average Bonchev–Trinajstić information content (AvgIpc) is 2.95. The largest absolute Gasteiger partial charge is 0.379 e. The molecule has 0 aromatic carbocycles. The highest BCUT2D eigenvalue weighted by atomic mass is 32.1. The molecule has 0 radical (unpaired) electrons. The molecule has 0 bridgehead atoms. The molecule has 0 spiro atoms. The fourth-order valence-electron chi connectivity index (χ4n) is 2.09. The number of nitrogens with one attached hydrogen (secondary N) is 1. The minimum absolute atomic E-state index is 0.760. The van der Waals surface area contributed by atoms with E-state index in [1.807, 2.05) is 31.3 Å². The number of hydrogen-bond donors (Lipinski definition) is 1. The van der Waals surface area contributed by atoms with Gasteiger partial charge in [0.15, 0.2) is 0 Å². The van der Waals surface area contributed by atoms with Crippen LogP contribution in [0, 0.1) is 6.92 Å². The number of pyridine rings is 1. The van der Waals surface area contributed by atoms with Gasteiger partial charge in [0, 0.05) is 25.0 Å². The van der Waals surface area contributed by atoms with Crippen molar-refractivity contribution in [2.24, 2.45) is 0 Å². The Morgan fingerprint density at radius 2 is 2.20 bits per heavy atom. The number of hydrazine groups is 1. The molecule has 0 aliphatic carbocycles. The van der Waals surface area contributed by atoms with Gasteiger partial charge >= 0.3 is 0 Å². The summed E-state index contributed by atoms with van der Waals surface area (Å²) in [5.41, 5.74) is 5.43. The summed E-state index contributed by atoms with van der Waals surface area (Å²) in [4.78, 5) is 10.1. The maximum absolute atomic E-state index is 5.32. The second-order valence-corrected chi connectivity index (χ2v) is 5.83. The summed E-state index contributed by atoms with van der Waals surface area (Å²) in [5.74, 6) is 0. The van der Waals surface area contributed by atoms with Crippen LogP contribution in [0.2, 0.25) is 0 Å². The van der Waals surface area contributed by atoms with Crippen LogP contribution >= 0.6 is 11.3 Å². The Morgan fingerprint density at radius 3 is 3.00 bits per heavy atom. The molecule has 0 amide bonds. The van der Waals surface area contributed by atoms with Crippen LogP contribution in [0.3, 0.4) is 0 Å². The molecule has 0 unspecified atom stereocenters. The van der Waals surface area contributed by atoms with E-state index in [1.54, 1.807) is 11.3 Å². The van der Waals surface area contributed by atoms with Crippen molar-refractivity contribution in [3.8, 4) is 10.6 Å². The van der Waals surface area contributed by atoms with Gasteiger partial charge in [-0.2, -0.15) is 0 Å². The highest BCUT2D eigenvalue weighted by Gasteiger charge is 2.11. The first-order chi connectivity index (χ1) is 9.81. The molecule has 20 heavy (non-hydrogen) atoms. The van der Waals surface area contributed by atoms with Crippen LogP contribution in [0.15, 0.2) is 24.4 Å². The topological polar surface area (TPSA) is 50.3 Å². The maximum Gasteiger partial charge on any atom is 0.108 e. The van der Waals surface area contributed by atoms with E-state index in [2.05, 4.69) is 20.4 Å². The van der Waals surface area contributed by atoms with Gasteiger partial charge in [-0.25, -0.2) is 15.4 Å². The molecule has 1 aliphatic rings. The minimum Gasteiger partial charge on any atom is -0.379 e. The highest BCUT2D eigenvalue weighted by Crippen LogP contribution is 2.24. The van der Waals surface area contributed by atoms with Gasteiger partial charge in [-0.1, -0.05) is 6.07 Å². The number of ether oxygens (including phenoxy) is 1. The van der Waals surface area contributed by atoms with Crippen LogP contribution in [0.5, 0.6) is 0 Å². The molecule has 2 aromatic rings. The Balaban J connectivity index is 1.61. The standard InChI is InChI=1S/C14H18N4OS/c1-11-3-2-4-12(17-11)13-9-15-14(20-13)10-16-18-5-7-19-8-6-18/h2-4,9,16H,5-8,10H2,1H3. The SMILES string of the molecule is Cc1cccc(-c2cnc(CNN3CCOCC3)s2)n1. The van der Waals surface area contributed by atoms with Crippen LogP contribution in [0.25, 0.3) is 10.6 Å². The third-order valence-electron chi connectivity index (χ3n) is 3.16. The number of aryl methyl sites for hydroxylation is 1. The van der Waals surface area contributed by atoms with E-state index >= 15 is 0 Å². The van der Waals surface area contributed by atoms with E-state index in [-0.39, 0.29) is 0 Å². The molecule has 5 nitrogen and oxygen atoms in total. The zero-order chi connectivity index (χ0) is 13.8. The molecule has 6 heteroatoms. The lowest BCUT2D eigenvalue weighted by Crippen LogP contribution is -2.45. The average molecular weight is 290 g/mol. The second kappa shape index (κ2) is 6.41. The summed E-state index contributed by atoms with van der Waals surface area (Å²) in [5, 5.41) is 3.27. The van der Waals surface area contributed by atoms with Gasteiger partial charge < -0.3 is 4.74 Å². The van der Waals surface area contributed by atoms with Gasteiger partial charge in [0.1, 0.15) is 5.01 Å².